The van der Waals surface area contributed by atoms with E-state index in [2.05, 4.69) is 19.9 Å². The van der Waals surface area contributed by atoms with Crippen molar-refractivity contribution in [3.05, 3.63) is 59.7 Å². The molecule has 3 aromatic rings. The second-order valence-electron chi connectivity index (χ2n) is 6.09. The first-order valence-electron chi connectivity index (χ1n) is 8.34. The van der Waals surface area contributed by atoms with Gasteiger partial charge in [0.1, 0.15) is 5.75 Å². The highest BCUT2D eigenvalue weighted by Crippen LogP contribution is 2.33. The van der Waals surface area contributed by atoms with Crippen molar-refractivity contribution in [2.75, 3.05) is 0 Å². The summed E-state index contributed by atoms with van der Waals surface area (Å²) in [5.74, 6) is 1.11. The number of benzene rings is 2. The van der Waals surface area contributed by atoms with Crippen molar-refractivity contribution in [2.24, 2.45) is 0 Å². The second kappa shape index (κ2) is 8.16. The minimum atomic E-state index is 0. The minimum Gasteiger partial charge on any atom is -1.00 e. The molecule has 1 N–H and O–H groups in total. The van der Waals surface area contributed by atoms with Gasteiger partial charge >= 0.3 is 11.3 Å². The van der Waals surface area contributed by atoms with Crippen LogP contribution in [0.4, 0.5) is 0 Å². The number of aromatic hydroxyl groups is 1. The van der Waals surface area contributed by atoms with E-state index in [1.54, 1.807) is 6.07 Å². The molecular formula is C21H23ClO2. The molecule has 1 aromatic heterocycles. The zero-order valence-electron chi connectivity index (χ0n) is 14.2. The molecule has 3 rings (SSSR count). The summed E-state index contributed by atoms with van der Waals surface area (Å²) >= 11 is 0. The van der Waals surface area contributed by atoms with Gasteiger partial charge in [-0.25, -0.2) is 4.42 Å². The molecule has 0 saturated heterocycles. The van der Waals surface area contributed by atoms with Crippen LogP contribution in [0.5, 0.6) is 5.75 Å². The predicted octanol–water partition coefficient (Wildman–Crippen LogP) is 3.13. The number of halogens is 1. The van der Waals surface area contributed by atoms with Crippen LogP contribution in [-0.2, 0) is 6.42 Å². The first-order valence-corrected chi connectivity index (χ1v) is 8.34. The molecule has 0 amide bonds. The van der Waals surface area contributed by atoms with Gasteiger partial charge in [-0.1, -0.05) is 38.0 Å². The summed E-state index contributed by atoms with van der Waals surface area (Å²) in [6, 6.07) is 15.8. The molecule has 24 heavy (non-hydrogen) atoms. The Morgan fingerprint density at radius 3 is 2.46 bits per heavy atom. The van der Waals surface area contributed by atoms with Crippen molar-refractivity contribution >= 4 is 11.0 Å². The van der Waals surface area contributed by atoms with Crippen molar-refractivity contribution in [2.45, 2.75) is 39.5 Å². The standard InChI is InChI=1S/C21H22O2.ClH/c1-3-4-6-11-17-13-18(22)14-20-21(17)15(2)12-19(23-20)16-9-7-5-8-10-16;/h5,7-10,12-14H,3-4,6,11H2,1-2H3;1H. The largest absolute Gasteiger partial charge is 1.00 e. The van der Waals surface area contributed by atoms with E-state index < -0.39 is 0 Å². The maximum atomic E-state index is 10.1. The van der Waals surface area contributed by atoms with Gasteiger partial charge in [0, 0.05) is 6.07 Å². The van der Waals surface area contributed by atoms with Crippen LogP contribution >= 0.6 is 0 Å². The van der Waals surface area contributed by atoms with Crippen LogP contribution in [0.25, 0.3) is 22.3 Å². The van der Waals surface area contributed by atoms with Gasteiger partial charge in [0.05, 0.1) is 17.0 Å². The van der Waals surface area contributed by atoms with E-state index in [1.807, 2.05) is 36.4 Å². The lowest BCUT2D eigenvalue weighted by atomic mass is 9.98. The number of rotatable bonds is 5. The Balaban J connectivity index is 0.00000208. The van der Waals surface area contributed by atoms with E-state index in [4.69, 9.17) is 4.42 Å². The SMILES string of the molecule is CCCCCc1cc(O)cc2[o+]c(-c3ccccc3)cc(C)c12.[Cl-]. The van der Waals surface area contributed by atoms with Crippen molar-refractivity contribution < 1.29 is 21.9 Å². The van der Waals surface area contributed by atoms with Gasteiger partial charge in [-0.3, -0.25) is 0 Å². The van der Waals surface area contributed by atoms with Gasteiger partial charge in [0.2, 0.25) is 0 Å². The fraction of sp³-hybridized carbons (Fsp3) is 0.286. The van der Waals surface area contributed by atoms with Gasteiger partial charge < -0.3 is 17.5 Å². The lowest BCUT2D eigenvalue weighted by Gasteiger charge is -2.06. The van der Waals surface area contributed by atoms with Gasteiger partial charge in [-0.05, 0) is 49.1 Å². The Hall–Kier alpha value is -2.06. The molecule has 0 aliphatic carbocycles. The number of unbranched alkanes of at least 4 members (excludes halogenated alkanes) is 2. The third-order valence-corrected chi connectivity index (χ3v) is 4.24. The molecule has 0 bridgehead atoms. The van der Waals surface area contributed by atoms with Crippen molar-refractivity contribution in [1.29, 1.82) is 0 Å². The fourth-order valence-corrected chi connectivity index (χ4v) is 3.11. The van der Waals surface area contributed by atoms with Gasteiger partial charge in [0.25, 0.3) is 0 Å². The Kier molecular flexibility index (Phi) is 6.22. The lowest BCUT2D eigenvalue weighted by molar-refractivity contribution is -0.00000635. The third kappa shape index (κ3) is 3.88. The van der Waals surface area contributed by atoms with Crippen LogP contribution < -0.4 is 12.4 Å². The van der Waals surface area contributed by atoms with E-state index in [1.165, 1.54) is 24.0 Å². The minimum absolute atomic E-state index is 0. The van der Waals surface area contributed by atoms with Crippen LogP contribution in [0.1, 0.15) is 37.3 Å². The van der Waals surface area contributed by atoms with E-state index in [0.29, 0.717) is 0 Å². The molecule has 0 spiro atoms. The first kappa shape index (κ1) is 18.3. The highest BCUT2D eigenvalue weighted by atomic mass is 35.5. The van der Waals surface area contributed by atoms with Crippen LogP contribution in [0.3, 0.4) is 0 Å². The zero-order valence-corrected chi connectivity index (χ0v) is 14.9. The van der Waals surface area contributed by atoms with Crippen LogP contribution in [-0.4, -0.2) is 5.11 Å². The van der Waals surface area contributed by atoms with E-state index in [0.717, 1.165) is 35.1 Å². The van der Waals surface area contributed by atoms with E-state index in [-0.39, 0.29) is 18.2 Å². The highest BCUT2D eigenvalue weighted by molar-refractivity contribution is 5.87. The molecule has 0 unspecified atom stereocenters. The fourth-order valence-electron chi connectivity index (χ4n) is 3.11. The second-order valence-corrected chi connectivity index (χ2v) is 6.09. The summed E-state index contributed by atoms with van der Waals surface area (Å²) < 4.78 is 6.10. The van der Waals surface area contributed by atoms with Crippen molar-refractivity contribution in [3.63, 3.8) is 0 Å². The molecule has 1 heterocycles. The average molecular weight is 343 g/mol. The van der Waals surface area contributed by atoms with E-state index in [9.17, 15) is 5.11 Å². The molecular weight excluding hydrogens is 320 g/mol. The van der Waals surface area contributed by atoms with Gasteiger partial charge in [-0.15, -0.1) is 0 Å². The molecule has 2 nitrogen and oxygen atoms in total. The number of aryl methyl sites for hydroxylation is 2. The highest BCUT2D eigenvalue weighted by Gasteiger charge is 2.20. The molecule has 0 aliphatic heterocycles. The normalized spacial score (nSPS) is 10.6. The van der Waals surface area contributed by atoms with E-state index >= 15 is 0 Å². The molecule has 0 aliphatic rings. The topological polar surface area (TPSA) is 31.5 Å². The summed E-state index contributed by atoms with van der Waals surface area (Å²) in [6.07, 6.45) is 4.50. The molecule has 126 valence electrons. The Bertz CT molecular complexity index is 813. The van der Waals surface area contributed by atoms with Gasteiger partial charge in [0.15, 0.2) is 0 Å². The summed E-state index contributed by atoms with van der Waals surface area (Å²) in [4.78, 5) is 0. The summed E-state index contributed by atoms with van der Waals surface area (Å²) in [5.41, 5.74) is 4.18. The smallest absolute Gasteiger partial charge is 0.365 e. The Morgan fingerprint density at radius 2 is 1.75 bits per heavy atom. The number of hydrogen-bond donors (Lipinski definition) is 1. The summed E-state index contributed by atoms with van der Waals surface area (Å²) in [7, 11) is 0. The van der Waals surface area contributed by atoms with Crippen LogP contribution in [0.2, 0.25) is 0 Å². The van der Waals surface area contributed by atoms with Crippen LogP contribution in [0.15, 0.2) is 52.9 Å². The molecule has 2 aromatic carbocycles. The Labute approximate surface area is 149 Å². The average Bonchev–Trinajstić information content (AvgIpc) is 2.55. The monoisotopic (exact) mass is 342 g/mol. The number of phenolic OH excluding ortho intramolecular Hbond substituents is 1. The molecule has 0 atom stereocenters. The predicted molar refractivity (Wildman–Crippen MR) is 95.7 cm³/mol. The Morgan fingerprint density at radius 1 is 1.00 bits per heavy atom. The number of hydrogen-bond acceptors (Lipinski definition) is 1. The molecule has 0 saturated carbocycles. The first-order chi connectivity index (χ1) is 11.2. The summed E-state index contributed by atoms with van der Waals surface area (Å²) in [6.45, 7) is 4.32. The third-order valence-electron chi connectivity index (χ3n) is 4.24. The van der Waals surface area contributed by atoms with Gasteiger partial charge in [-0.2, -0.15) is 0 Å². The number of fused-ring (bicyclic) bond motifs is 1. The molecule has 0 fully saturated rings. The van der Waals surface area contributed by atoms with Crippen molar-refractivity contribution in [3.8, 4) is 17.1 Å². The van der Waals surface area contributed by atoms with Crippen molar-refractivity contribution in [1.82, 2.24) is 0 Å². The maximum absolute atomic E-state index is 10.1. The maximum Gasteiger partial charge on any atom is 0.365 e. The molecule has 0 radical (unpaired) electrons. The van der Waals surface area contributed by atoms with Crippen LogP contribution in [0, 0.1) is 6.92 Å². The molecule has 3 heteroatoms. The lowest BCUT2D eigenvalue weighted by Crippen LogP contribution is -3.00. The zero-order chi connectivity index (χ0) is 16.2. The summed E-state index contributed by atoms with van der Waals surface area (Å²) in [5, 5.41) is 11.2. The number of phenols is 1. The quantitative estimate of drug-likeness (QED) is 0.570.